The van der Waals surface area contributed by atoms with E-state index in [9.17, 15) is 14.0 Å². The third-order valence-electron chi connectivity index (χ3n) is 4.85. The number of amides is 2. The Morgan fingerprint density at radius 2 is 1.60 bits per heavy atom. The molecular weight excluding hydrogens is 381 g/mol. The summed E-state index contributed by atoms with van der Waals surface area (Å²) < 4.78 is 13.3. The maximum absolute atomic E-state index is 13.3. The predicted octanol–water partition coefficient (Wildman–Crippen LogP) is 3.50. The van der Waals surface area contributed by atoms with Crippen LogP contribution in [0, 0.1) is 5.82 Å². The van der Waals surface area contributed by atoms with Crippen LogP contribution in [0.3, 0.4) is 0 Å². The molecule has 30 heavy (non-hydrogen) atoms. The number of hydrogen-bond acceptors (Lipinski definition) is 3. The van der Waals surface area contributed by atoms with Gasteiger partial charge in [0.05, 0.1) is 6.42 Å². The Morgan fingerprint density at radius 1 is 0.933 bits per heavy atom. The van der Waals surface area contributed by atoms with E-state index >= 15 is 0 Å². The van der Waals surface area contributed by atoms with Gasteiger partial charge in [-0.15, -0.1) is 0 Å². The van der Waals surface area contributed by atoms with E-state index in [0.29, 0.717) is 6.54 Å². The minimum Gasteiger partial charge on any atom is -0.350 e. The first-order valence-corrected chi connectivity index (χ1v) is 9.77. The molecule has 5 nitrogen and oxygen atoms in total. The summed E-state index contributed by atoms with van der Waals surface area (Å²) in [6, 6.07) is 18.3. The van der Waals surface area contributed by atoms with E-state index < -0.39 is 6.04 Å². The number of benzene rings is 2. The summed E-state index contributed by atoms with van der Waals surface area (Å²) in [5.74, 6) is -0.767. The molecule has 1 aromatic heterocycles. The fourth-order valence-electron chi connectivity index (χ4n) is 3.08. The highest BCUT2D eigenvalue weighted by molar-refractivity contribution is 5.88. The van der Waals surface area contributed by atoms with Crippen molar-refractivity contribution in [1.29, 1.82) is 0 Å². The van der Waals surface area contributed by atoms with Gasteiger partial charge in [-0.2, -0.15) is 0 Å². The van der Waals surface area contributed by atoms with Gasteiger partial charge in [-0.1, -0.05) is 42.5 Å². The minimum absolute atomic E-state index is 0.169. The molecule has 0 saturated carbocycles. The van der Waals surface area contributed by atoms with Crippen molar-refractivity contribution in [2.24, 2.45) is 0 Å². The van der Waals surface area contributed by atoms with E-state index in [1.165, 1.54) is 17.0 Å². The maximum atomic E-state index is 13.3. The molecular formula is C24H24FN3O2. The lowest BCUT2D eigenvalue weighted by Gasteiger charge is -2.29. The van der Waals surface area contributed by atoms with Crippen LogP contribution < -0.4 is 5.32 Å². The van der Waals surface area contributed by atoms with Crippen molar-refractivity contribution >= 4 is 11.8 Å². The van der Waals surface area contributed by atoms with Gasteiger partial charge in [0, 0.05) is 25.5 Å². The lowest BCUT2D eigenvalue weighted by atomic mass is 10.1. The van der Waals surface area contributed by atoms with E-state index in [-0.39, 0.29) is 30.6 Å². The van der Waals surface area contributed by atoms with Crippen LogP contribution in [0.15, 0.2) is 79.1 Å². The second-order valence-corrected chi connectivity index (χ2v) is 7.06. The normalized spacial score (nSPS) is 11.5. The Morgan fingerprint density at radius 3 is 2.27 bits per heavy atom. The molecule has 3 rings (SSSR count). The first-order valence-electron chi connectivity index (χ1n) is 9.77. The van der Waals surface area contributed by atoms with Crippen LogP contribution in [0.2, 0.25) is 0 Å². The van der Waals surface area contributed by atoms with Crippen molar-refractivity contribution < 1.29 is 14.0 Å². The molecule has 0 bridgehead atoms. The third kappa shape index (κ3) is 5.98. The van der Waals surface area contributed by atoms with E-state index in [1.54, 1.807) is 31.5 Å². The maximum Gasteiger partial charge on any atom is 0.242 e. The molecule has 1 atom stereocenters. The van der Waals surface area contributed by atoms with Crippen LogP contribution in [-0.4, -0.2) is 27.7 Å². The average molecular weight is 405 g/mol. The highest BCUT2D eigenvalue weighted by atomic mass is 19.1. The molecule has 0 saturated heterocycles. The molecule has 0 aliphatic heterocycles. The second-order valence-electron chi connectivity index (χ2n) is 7.06. The average Bonchev–Trinajstić information content (AvgIpc) is 2.78. The molecule has 0 radical (unpaired) electrons. The van der Waals surface area contributed by atoms with Crippen molar-refractivity contribution in [3.63, 3.8) is 0 Å². The highest BCUT2D eigenvalue weighted by Gasteiger charge is 2.26. The first kappa shape index (κ1) is 21.2. The van der Waals surface area contributed by atoms with Crippen LogP contribution >= 0.6 is 0 Å². The Kier molecular flexibility index (Phi) is 7.27. The summed E-state index contributed by atoms with van der Waals surface area (Å²) in [5, 5.41) is 2.87. The van der Waals surface area contributed by atoms with Gasteiger partial charge in [0.15, 0.2) is 0 Å². The van der Waals surface area contributed by atoms with Gasteiger partial charge in [0.1, 0.15) is 11.9 Å². The summed E-state index contributed by atoms with van der Waals surface area (Å²) in [6.45, 7) is 2.27. The van der Waals surface area contributed by atoms with Crippen molar-refractivity contribution in [2.75, 3.05) is 0 Å². The number of aromatic nitrogens is 1. The molecule has 0 aliphatic carbocycles. The molecule has 3 aromatic rings. The van der Waals surface area contributed by atoms with Crippen molar-refractivity contribution in [3.05, 3.63) is 102 Å². The third-order valence-corrected chi connectivity index (χ3v) is 4.85. The van der Waals surface area contributed by atoms with Gasteiger partial charge >= 0.3 is 0 Å². The zero-order chi connectivity index (χ0) is 21.3. The van der Waals surface area contributed by atoms with Gasteiger partial charge in [-0.3, -0.25) is 14.6 Å². The van der Waals surface area contributed by atoms with Gasteiger partial charge in [0.25, 0.3) is 0 Å². The van der Waals surface area contributed by atoms with Crippen molar-refractivity contribution in [1.82, 2.24) is 15.2 Å². The van der Waals surface area contributed by atoms with E-state index in [1.807, 2.05) is 42.5 Å². The topological polar surface area (TPSA) is 62.3 Å². The second kappa shape index (κ2) is 10.3. The monoisotopic (exact) mass is 405 g/mol. The Bertz CT molecular complexity index is 963. The first-order chi connectivity index (χ1) is 14.5. The standard InChI is InChI=1S/C24H24FN3O2/c1-18(24(30)27-16-20-11-13-26-14-12-20)28(17-21-7-9-22(25)10-8-21)23(29)15-19-5-3-2-4-6-19/h2-14,18H,15-17H2,1H3,(H,27,30). The van der Waals surface area contributed by atoms with Gasteiger partial charge in [-0.25, -0.2) is 4.39 Å². The van der Waals surface area contributed by atoms with Crippen LogP contribution in [0.1, 0.15) is 23.6 Å². The molecule has 1 N–H and O–H groups in total. The number of pyridine rings is 1. The van der Waals surface area contributed by atoms with Gasteiger partial charge < -0.3 is 10.2 Å². The van der Waals surface area contributed by atoms with E-state index in [0.717, 1.165) is 16.7 Å². The Balaban J connectivity index is 1.73. The zero-order valence-corrected chi connectivity index (χ0v) is 16.8. The van der Waals surface area contributed by atoms with Crippen LogP contribution in [0.25, 0.3) is 0 Å². The zero-order valence-electron chi connectivity index (χ0n) is 16.8. The molecule has 154 valence electrons. The smallest absolute Gasteiger partial charge is 0.242 e. The summed E-state index contributed by atoms with van der Waals surface area (Å²) in [4.78, 5) is 31.3. The highest BCUT2D eigenvalue weighted by Crippen LogP contribution is 2.13. The molecule has 1 heterocycles. The number of carbonyl (C=O) groups is 2. The number of hydrogen-bond donors (Lipinski definition) is 1. The lowest BCUT2D eigenvalue weighted by Crippen LogP contribution is -2.48. The Hall–Kier alpha value is -3.54. The van der Waals surface area contributed by atoms with Crippen molar-refractivity contribution in [2.45, 2.75) is 32.5 Å². The number of rotatable bonds is 8. The lowest BCUT2D eigenvalue weighted by molar-refractivity contribution is -0.140. The summed E-state index contributed by atoms with van der Waals surface area (Å²) in [6.07, 6.45) is 3.51. The largest absolute Gasteiger partial charge is 0.350 e. The van der Waals surface area contributed by atoms with Crippen molar-refractivity contribution in [3.8, 4) is 0 Å². The molecule has 0 fully saturated rings. The predicted molar refractivity (Wildman–Crippen MR) is 113 cm³/mol. The quantitative estimate of drug-likeness (QED) is 0.624. The number of halogens is 1. The molecule has 0 aliphatic rings. The SMILES string of the molecule is CC(C(=O)NCc1ccncc1)N(Cc1ccc(F)cc1)C(=O)Cc1ccccc1. The summed E-state index contributed by atoms with van der Waals surface area (Å²) >= 11 is 0. The van der Waals surface area contributed by atoms with Crippen LogP contribution in [-0.2, 0) is 29.1 Å². The summed E-state index contributed by atoms with van der Waals surface area (Å²) in [5.41, 5.74) is 2.55. The van der Waals surface area contributed by atoms with E-state index in [4.69, 9.17) is 0 Å². The summed E-state index contributed by atoms with van der Waals surface area (Å²) in [7, 11) is 0. The number of carbonyl (C=O) groups excluding carboxylic acids is 2. The number of nitrogens with zero attached hydrogens (tertiary/aromatic N) is 2. The molecule has 6 heteroatoms. The Labute approximate surface area is 175 Å². The molecule has 1 unspecified atom stereocenters. The fourth-order valence-corrected chi connectivity index (χ4v) is 3.08. The number of nitrogens with one attached hydrogen (secondary N) is 1. The fraction of sp³-hybridized carbons (Fsp3) is 0.208. The van der Waals surface area contributed by atoms with Crippen LogP contribution in [0.5, 0.6) is 0 Å². The minimum atomic E-state index is -0.687. The molecule has 0 spiro atoms. The van der Waals surface area contributed by atoms with E-state index in [2.05, 4.69) is 10.3 Å². The molecule has 2 aromatic carbocycles. The molecule has 2 amide bonds. The van der Waals surface area contributed by atoms with Gasteiger partial charge in [-0.05, 0) is 47.9 Å². The van der Waals surface area contributed by atoms with Gasteiger partial charge in [0.2, 0.25) is 11.8 Å². The van der Waals surface area contributed by atoms with Crippen LogP contribution in [0.4, 0.5) is 4.39 Å².